The van der Waals surface area contributed by atoms with Crippen LogP contribution in [0.3, 0.4) is 0 Å². The minimum Gasteiger partial charge on any atom is -0.497 e. The Bertz CT molecular complexity index is 668. The van der Waals surface area contributed by atoms with Crippen LogP contribution in [-0.2, 0) is 0 Å². The van der Waals surface area contributed by atoms with Crippen LogP contribution in [0.4, 0.5) is 0 Å². The molecule has 0 spiro atoms. The maximum absolute atomic E-state index is 5.21. The summed E-state index contributed by atoms with van der Waals surface area (Å²) < 4.78 is 6.11. The van der Waals surface area contributed by atoms with Crippen LogP contribution in [0.5, 0.6) is 5.75 Å². The van der Waals surface area contributed by atoms with Crippen molar-refractivity contribution in [3.8, 4) is 5.75 Å². The zero-order chi connectivity index (χ0) is 13.8. The van der Waals surface area contributed by atoms with Crippen molar-refractivity contribution in [2.75, 3.05) is 7.11 Å². The summed E-state index contributed by atoms with van der Waals surface area (Å²) >= 11 is 3.49. The maximum atomic E-state index is 5.21. The Morgan fingerprint density at radius 2 is 2.26 bits per heavy atom. The number of imidazole rings is 1. The Balaban J connectivity index is 2.59. The highest BCUT2D eigenvalue weighted by atomic mass is 79.9. The summed E-state index contributed by atoms with van der Waals surface area (Å²) in [7, 11) is 1.65. The van der Waals surface area contributed by atoms with Gasteiger partial charge < -0.3 is 9.72 Å². The highest BCUT2D eigenvalue weighted by molar-refractivity contribution is 9.12. The molecule has 2 aromatic rings. The summed E-state index contributed by atoms with van der Waals surface area (Å²) in [6.45, 7) is 5.74. The van der Waals surface area contributed by atoms with Gasteiger partial charge in [-0.05, 0) is 19.1 Å². The molecule has 0 aliphatic heterocycles. The highest BCUT2D eigenvalue weighted by Gasteiger charge is 2.09. The number of allylic oxidation sites excluding steroid dienone is 5. The van der Waals surface area contributed by atoms with E-state index >= 15 is 0 Å². The first-order chi connectivity index (χ1) is 9.19. The summed E-state index contributed by atoms with van der Waals surface area (Å²) in [4.78, 5) is 7.87. The van der Waals surface area contributed by atoms with E-state index in [1.807, 2.05) is 37.3 Å². The molecule has 4 heteroatoms. The van der Waals surface area contributed by atoms with E-state index in [2.05, 4.69) is 32.5 Å². The highest BCUT2D eigenvalue weighted by Crippen LogP contribution is 2.26. The molecule has 0 radical (unpaired) electrons. The minimum absolute atomic E-state index is 0.799. The molecule has 0 aliphatic rings. The van der Waals surface area contributed by atoms with E-state index < -0.39 is 0 Å². The largest absolute Gasteiger partial charge is 0.497 e. The van der Waals surface area contributed by atoms with Crippen LogP contribution < -0.4 is 4.74 Å². The molecular weight excluding hydrogens is 304 g/mol. The van der Waals surface area contributed by atoms with E-state index in [-0.39, 0.29) is 0 Å². The van der Waals surface area contributed by atoms with Crippen molar-refractivity contribution >= 4 is 32.5 Å². The monoisotopic (exact) mass is 318 g/mol. The van der Waals surface area contributed by atoms with Crippen LogP contribution in [0.25, 0.3) is 16.6 Å². The van der Waals surface area contributed by atoms with Gasteiger partial charge in [-0.2, -0.15) is 0 Å². The van der Waals surface area contributed by atoms with E-state index in [0.717, 1.165) is 32.7 Å². The first-order valence-electron chi connectivity index (χ1n) is 5.88. The number of hydrogen-bond acceptors (Lipinski definition) is 2. The van der Waals surface area contributed by atoms with Crippen molar-refractivity contribution in [1.29, 1.82) is 0 Å². The van der Waals surface area contributed by atoms with Gasteiger partial charge in [0.1, 0.15) is 11.6 Å². The normalized spacial score (nSPS) is 12.8. The molecule has 0 fully saturated rings. The van der Waals surface area contributed by atoms with E-state index in [9.17, 15) is 0 Å². The number of nitrogens with zero attached hydrogens (tertiary/aromatic N) is 1. The lowest BCUT2D eigenvalue weighted by Crippen LogP contribution is -1.85. The molecule has 0 atom stereocenters. The Morgan fingerprint density at radius 3 is 2.89 bits per heavy atom. The number of H-pyrrole nitrogens is 1. The molecule has 1 aromatic heterocycles. The quantitative estimate of drug-likeness (QED) is 0.846. The molecule has 1 N–H and O–H groups in total. The van der Waals surface area contributed by atoms with Crippen LogP contribution >= 0.6 is 15.9 Å². The fourth-order valence-corrected chi connectivity index (χ4v) is 2.11. The number of rotatable bonds is 4. The van der Waals surface area contributed by atoms with Gasteiger partial charge in [0, 0.05) is 16.1 Å². The van der Waals surface area contributed by atoms with E-state index in [1.165, 1.54) is 0 Å². The number of methoxy groups -OCH3 is 1. The topological polar surface area (TPSA) is 37.9 Å². The first-order valence-corrected chi connectivity index (χ1v) is 6.68. The molecule has 1 heterocycles. The number of fused-ring (bicyclic) bond motifs is 1. The predicted molar refractivity (Wildman–Crippen MR) is 83.5 cm³/mol. The molecular formula is C15H15BrN2O. The molecule has 0 unspecified atom stereocenters. The number of hydrogen-bond donors (Lipinski definition) is 1. The Kier molecular flexibility index (Phi) is 4.22. The zero-order valence-corrected chi connectivity index (χ0v) is 12.5. The van der Waals surface area contributed by atoms with Gasteiger partial charge in [-0.3, -0.25) is 0 Å². The number of benzene rings is 1. The van der Waals surface area contributed by atoms with E-state index in [4.69, 9.17) is 4.74 Å². The Hall–Kier alpha value is -1.81. The average molecular weight is 319 g/mol. The van der Waals surface area contributed by atoms with Crippen LogP contribution in [-0.4, -0.2) is 17.1 Å². The molecule has 19 heavy (non-hydrogen) atoms. The van der Waals surface area contributed by atoms with Crippen molar-refractivity contribution in [3.05, 3.63) is 53.3 Å². The number of aromatic nitrogens is 2. The van der Waals surface area contributed by atoms with Gasteiger partial charge in [0.15, 0.2) is 0 Å². The Morgan fingerprint density at radius 1 is 1.47 bits per heavy atom. The van der Waals surface area contributed by atoms with Crippen LogP contribution in [0, 0.1) is 0 Å². The van der Waals surface area contributed by atoms with Gasteiger partial charge in [-0.1, -0.05) is 40.7 Å². The minimum atomic E-state index is 0.799. The summed E-state index contributed by atoms with van der Waals surface area (Å²) in [6, 6.07) is 5.76. The Labute approximate surface area is 120 Å². The third kappa shape index (κ3) is 2.79. The van der Waals surface area contributed by atoms with Crippen LogP contribution in [0.2, 0.25) is 0 Å². The first kappa shape index (κ1) is 13.6. The fraction of sp³-hybridized carbons (Fsp3) is 0.133. The summed E-state index contributed by atoms with van der Waals surface area (Å²) in [5.41, 5.74) is 2.82. The third-order valence-electron chi connectivity index (χ3n) is 2.71. The molecule has 3 nitrogen and oxygen atoms in total. The SMILES string of the molecule is C=C/C(Br)=C(\C=C/C)c1nc2ccc(OC)cc2[nH]1. The van der Waals surface area contributed by atoms with Crippen molar-refractivity contribution < 1.29 is 4.74 Å². The summed E-state index contributed by atoms with van der Waals surface area (Å²) in [5, 5.41) is 0. The van der Waals surface area contributed by atoms with Gasteiger partial charge in [0.05, 0.1) is 18.1 Å². The second kappa shape index (κ2) is 5.89. The third-order valence-corrected chi connectivity index (χ3v) is 3.46. The van der Waals surface area contributed by atoms with Crippen molar-refractivity contribution in [2.24, 2.45) is 0 Å². The second-order valence-corrected chi connectivity index (χ2v) is 4.79. The van der Waals surface area contributed by atoms with Gasteiger partial charge >= 0.3 is 0 Å². The molecule has 2 rings (SSSR count). The van der Waals surface area contributed by atoms with Crippen molar-refractivity contribution in [2.45, 2.75) is 6.92 Å². The van der Waals surface area contributed by atoms with Gasteiger partial charge in [-0.25, -0.2) is 4.98 Å². The number of nitrogens with one attached hydrogen (secondary N) is 1. The summed E-state index contributed by atoms with van der Waals surface area (Å²) in [6.07, 6.45) is 5.71. The molecule has 0 bridgehead atoms. The van der Waals surface area contributed by atoms with Gasteiger partial charge in [-0.15, -0.1) is 0 Å². The molecule has 0 saturated carbocycles. The zero-order valence-electron chi connectivity index (χ0n) is 10.9. The molecule has 0 aliphatic carbocycles. The number of ether oxygens (including phenoxy) is 1. The predicted octanol–water partition coefficient (Wildman–Crippen LogP) is 4.44. The fourth-order valence-electron chi connectivity index (χ4n) is 1.79. The average Bonchev–Trinajstić information content (AvgIpc) is 2.86. The smallest absolute Gasteiger partial charge is 0.139 e. The standard InChI is InChI=1S/C15H15BrN2O/c1-4-6-11(12(16)5-2)15-17-13-8-7-10(19-3)9-14(13)18-15/h4-9H,2H2,1,3H3,(H,17,18)/b6-4-,12-11-. The number of halogens is 1. The summed E-state index contributed by atoms with van der Waals surface area (Å²) in [5.74, 6) is 1.61. The van der Waals surface area contributed by atoms with Gasteiger partial charge in [0.2, 0.25) is 0 Å². The van der Waals surface area contributed by atoms with Crippen LogP contribution in [0.1, 0.15) is 12.7 Å². The van der Waals surface area contributed by atoms with Crippen molar-refractivity contribution in [1.82, 2.24) is 9.97 Å². The van der Waals surface area contributed by atoms with E-state index in [0.29, 0.717) is 0 Å². The molecule has 1 aromatic carbocycles. The van der Waals surface area contributed by atoms with Gasteiger partial charge in [0.25, 0.3) is 0 Å². The number of aromatic amines is 1. The lowest BCUT2D eigenvalue weighted by molar-refractivity contribution is 0.415. The van der Waals surface area contributed by atoms with E-state index in [1.54, 1.807) is 13.2 Å². The second-order valence-electron chi connectivity index (χ2n) is 3.93. The molecule has 98 valence electrons. The molecule has 0 saturated heterocycles. The van der Waals surface area contributed by atoms with Crippen LogP contribution in [0.15, 0.2) is 47.5 Å². The maximum Gasteiger partial charge on any atom is 0.139 e. The van der Waals surface area contributed by atoms with Crippen molar-refractivity contribution in [3.63, 3.8) is 0 Å². The lowest BCUT2D eigenvalue weighted by Gasteiger charge is -1.99. The molecule has 0 amide bonds. The lowest BCUT2D eigenvalue weighted by atomic mass is 10.2.